The summed E-state index contributed by atoms with van der Waals surface area (Å²) in [6.07, 6.45) is 7.88. The molecule has 1 saturated heterocycles. The van der Waals surface area contributed by atoms with Gasteiger partial charge in [-0.2, -0.15) is 5.10 Å². The van der Waals surface area contributed by atoms with E-state index in [1.807, 2.05) is 30.7 Å². The molecule has 24 heavy (non-hydrogen) atoms. The highest BCUT2D eigenvalue weighted by atomic mass is 35.5. The zero-order valence-corrected chi connectivity index (χ0v) is 14.2. The highest BCUT2D eigenvalue weighted by Gasteiger charge is 2.25. The standard InChI is InChI=1S/C19H20ClN3O/c20-17-5-3-15(4-6-17)18-10-21-22-19(18)16-2-1-8-23(12-16)11-14-7-9-24-13-14/h3-7,9-10,13,16H,1-2,8,11-12H2,(H,21,22)/t16-/m1/s1. The monoisotopic (exact) mass is 341 g/mol. The van der Waals surface area contributed by atoms with Crippen LogP contribution < -0.4 is 0 Å². The molecule has 1 atom stereocenters. The maximum Gasteiger partial charge on any atom is 0.0947 e. The second kappa shape index (κ2) is 6.83. The van der Waals surface area contributed by atoms with E-state index in [0.717, 1.165) is 30.2 Å². The highest BCUT2D eigenvalue weighted by molar-refractivity contribution is 6.30. The number of aromatic amines is 1. The molecule has 1 aliphatic rings. The first-order chi connectivity index (χ1) is 11.8. The number of hydrogen-bond donors (Lipinski definition) is 1. The van der Waals surface area contributed by atoms with Crippen molar-refractivity contribution in [3.63, 3.8) is 0 Å². The van der Waals surface area contributed by atoms with Gasteiger partial charge in [-0.1, -0.05) is 23.7 Å². The van der Waals surface area contributed by atoms with Crippen molar-refractivity contribution in [1.82, 2.24) is 15.1 Å². The second-order valence-corrected chi connectivity index (χ2v) is 6.85. The molecule has 124 valence electrons. The minimum atomic E-state index is 0.471. The fourth-order valence-corrected chi connectivity index (χ4v) is 3.67. The molecule has 4 nitrogen and oxygen atoms in total. The number of halogens is 1. The summed E-state index contributed by atoms with van der Waals surface area (Å²) in [6.45, 7) is 3.11. The van der Waals surface area contributed by atoms with E-state index in [0.29, 0.717) is 5.92 Å². The van der Waals surface area contributed by atoms with Crippen LogP contribution in [0.15, 0.2) is 53.5 Å². The maximum atomic E-state index is 6.01. The summed E-state index contributed by atoms with van der Waals surface area (Å²) >= 11 is 6.01. The van der Waals surface area contributed by atoms with Gasteiger partial charge in [0.25, 0.3) is 0 Å². The fourth-order valence-electron chi connectivity index (χ4n) is 3.54. The van der Waals surface area contributed by atoms with Gasteiger partial charge in [0.05, 0.1) is 18.7 Å². The van der Waals surface area contributed by atoms with Gasteiger partial charge < -0.3 is 4.42 Å². The molecule has 0 aliphatic carbocycles. The van der Waals surface area contributed by atoms with Crippen molar-refractivity contribution < 1.29 is 4.42 Å². The van der Waals surface area contributed by atoms with E-state index in [1.165, 1.54) is 29.7 Å². The minimum Gasteiger partial charge on any atom is -0.472 e. The largest absolute Gasteiger partial charge is 0.472 e. The van der Waals surface area contributed by atoms with Gasteiger partial charge in [0, 0.05) is 40.9 Å². The van der Waals surface area contributed by atoms with E-state index in [1.54, 1.807) is 6.26 Å². The normalized spacial score (nSPS) is 18.8. The van der Waals surface area contributed by atoms with Gasteiger partial charge in [-0.25, -0.2) is 0 Å². The van der Waals surface area contributed by atoms with Crippen LogP contribution in [0, 0.1) is 0 Å². The Morgan fingerprint density at radius 1 is 1.25 bits per heavy atom. The molecule has 2 aromatic heterocycles. The Balaban J connectivity index is 1.53. The number of benzene rings is 1. The summed E-state index contributed by atoms with van der Waals surface area (Å²) in [4.78, 5) is 2.49. The Kier molecular flexibility index (Phi) is 4.41. The number of nitrogens with zero attached hydrogens (tertiary/aromatic N) is 2. The van der Waals surface area contributed by atoms with Crippen LogP contribution in [0.25, 0.3) is 11.1 Å². The first-order valence-electron chi connectivity index (χ1n) is 8.32. The molecular weight excluding hydrogens is 322 g/mol. The van der Waals surface area contributed by atoms with Crippen LogP contribution in [0.2, 0.25) is 5.02 Å². The lowest BCUT2D eigenvalue weighted by Gasteiger charge is -2.32. The van der Waals surface area contributed by atoms with E-state index in [-0.39, 0.29) is 0 Å². The highest BCUT2D eigenvalue weighted by Crippen LogP contribution is 2.33. The van der Waals surface area contributed by atoms with Gasteiger partial charge in [0.15, 0.2) is 0 Å². The number of aromatic nitrogens is 2. The smallest absolute Gasteiger partial charge is 0.0947 e. The Morgan fingerprint density at radius 2 is 2.12 bits per heavy atom. The van der Waals surface area contributed by atoms with Gasteiger partial charge in [-0.3, -0.25) is 10.00 Å². The molecule has 0 radical (unpaired) electrons. The predicted molar refractivity (Wildman–Crippen MR) is 95.0 cm³/mol. The first kappa shape index (κ1) is 15.5. The van der Waals surface area contributed by atoms with Crippen LogP contribution in [0.4, 0.5) is 0 Å². The van der Waals surface area contributed by atoms with Gasteiger partial charge in [0.2, 0.25) is 0 Å². The maximum absolute atomic E-state index is 6.01. The van der Waals surface area contributed by atoms with Crippen molar-refractivity contribution >= 4 is 11.6 Å². The minimum absolute atomic E-state index is 0.471. The summed E-state index contributed by atoms with van der Waals surface area (Å²) in [5.41, 5.74) is 4.81. The van der Waals surface area contributed by atoms with Crippen molar-refractivity contribution in [3.8, 4) is 11.1 Å². The lowest BCUT2D eigenvalue weighted by Crippen LogP contribution is -2.34. The molecule has 4 rings (SSSR count). The third kappa shape index (κ3) is 3.25. The number of furan rings is 1. The zero-order valence-electron chi connectivity index (χ0n) is 13.4. The Bertz CT molecular complexity index is 779. The van der Waals surface area contributed by atoms with E-state index >= 15 is 0 Å². The number of hydrogen-bond acceptors (Lipinski definition) is 3. The molecular formula is C19H20ClN3O. The molecule has 1 aliphatic heterocycles. The predicted octanol–water partition coefficient (Wildman–Crippen LogP) is 4.70. The van der Waals surface area contributed by atoms with Crippen LogP contribution in [-0.4, -0.2) is 28.2 Å². The second-order valence-electron chi connectivity index (χ2n) is 6.41. The number of H-pyrrole nitrogens is 1. The Labute approximate surface area is 146 Å². The molecule has 0 amide bonds. The molecule has 0 spiro atoms. The number of nitrogens with one attached hydrogen (secondary N) is 1. The van der Waals surface area contributed by atoms with Crippen molar-refractivity contribution in [2.45, 2.75) is 25.3 Å². The van der Waals surface area contributed by atoms with Crippen LogP contribution >= 0.6 is 11.6 Å². The van der Waals surface area contributed by atoms with Gasteiger partial charge in [0.1, 0.15) is 0 Å². The molecule has 0 saturated carbocycles. The van der Waals surface area contributed by atoms with Crippen molar-refractivity contribution in [2.75, 3.05) is 13.1 Å². The molecule has 0 unspecified atom stereocenters. The lowest BCUT2D eigenvalue weighted by molar-refractivity contribution is 0.198. The number of rotatable bonds is 4. The van der Waals surface area contributed by atoms with Crippen molar-refractivity contribution in [3.05, 3.63) is 65.3 Å². The number of piperidine rings is 1. The summed E-state index contributed by atoms with van der Waals surface area (Å²) < 4.78 is 5.19. The molecule has 1 aromatic carbocycles. The Hall–Kier alpha value is -2.04. The SMILES string of the molecule is Clc1ccc(-c2cn[nH]c2[C@@H]2CCCN(Cc3ccoc3)C2)cc1. The molecule has 3 aromatic rings. The van der Waals surface area contributed by atoms with Crippen LogP contribution in [0.3, 0.4) is 0 Å². The molecule has 1 N–H and O–H groups in total. The van der Waals surface area contributed by atoms with Gasteiger partial charge in [-0.15, -0.1) is 0 Å². The molecule has 5 heteroatoms. The summed E-state index contributed by atoms with van der Waals surface area (Å²) in [5, 5.41) is 8.30. The molecule has 0 bridgehead atoms. The van der Waals surface area contributed by atoms with Gasteiger partial charge >= 0.3 is 0 Å². The fraction of sp³-hybridized carbons (Fsp3) is 0.316. The lowest BCUT2D eigenvalue weighted by atomic mass is 9.90. The third-order valence-corrected chi connectivity index (χ3v) is 4.98. The van der Waals surface area contributed by atoms with E-state index in [4.69, 9.17) is 16.0 Å². The third-order valence-electron chi connectivity index (χ3n) is 4.72. The summed E-state index contributed by atoms with van der Waals surface area (Å²) in [6, 6.07) is 10.0. The molecule has 1 fully saturated rings. The molecule has 3 heterocycles. The van der Waals surface area contributed by atoms with Crippen LogP contribution in [0.5, 0.6) is 0 Å². The average Bonchev–Trinajstić information content (AvgIpc) is 3.27. The van der Waals surface area contributed by atoms with Crippen molar-refractivity contribution in [2.24, 2.45) is 0 Å². The van der Waals surface area contributed by atoms with E-state index in [2.05, 4.69) is 27.2 Å². The summed E-state index contributed by atoms with van der Waals surface area (Å²) in [5.74, 6) is 0.471. The van der Waals surface area contributed by atoms with E-state index < -0.39 is 0 Å². The Morgan fingerprint density at radius 3 is 2.92 bits per heavy atom. The quantitative estimate of drug-likeness (QED) is 0.748. The van der Waals surface area contributed by atoms with Gasteiger partial charge in [-0.05, 0) is 43.1 Å². The van der Waals surface area contributed by atoms with Crippen molar-refractivity contribution in [1.29, 1.82) is 0 Å². The summed E-state index contributed by atoms with van der Waals surface area (Å²) in [7, 11) is 0. The van der Waals surface area contributed by atoms with Crippen LogP contribution in [0.1, 0.15) is 30.0 Å². The number of likely N-dealkylation sites (tertiary alicyclic amines) is 1. The first-order valence-corrected chi connectivity index (χ1v) is 8.70. The van der Waals surface area contributed by atoms with Crippen LogP contribution in [-0.2, 0) is 6.54 Å². The topological polar surface area (TPSA) is 45.1 Å². The zero-order chi connectivity index (χ0) is 16.4. The average molecular weight is 342 g/mol. The van der Waals surface area contributed by atoms with E-state index in [9.17, 15) is 0 Å².